The number of unbranched alkanes of at least 4 members (excludes halogenated alkanes) is 4. The van der Waals surface area contributed by atoms with Crippen molar-refractivity contribution in [3.05, 3.63) is 64.8 Å². The molecule has 0 atom stereocenters. The van der Waals surface area contributed by atoms with Crippen molar-refractivity contribution in [2.24, 2.45) is 0 Å². The molecule has 0 aromatic rings. The summed E-state index contributed by atoms with van der Waals surface area (Å²) in [7, 11) is 0. The first-order chi connectivity index (χ1) is 19.8. The van der Waals surface area contributed by atoms with E-state index in [0.717, 1.165) is 0 Å². The molecular formula is C28H38N2O12. The standard InChI is InChI=1S/2C14H19NO6/c1-9-11(6-4-3-5-7-21-15(19)20)13(17)10(2)12(8-16)14(9)18;1-9-11(6-4-3-5-7-21-15(19)20)14(18)12(8-16)10(2)13(9)17/h2*16H,3-8H2,1-2H3. The van der Waals surface area contributed by atoms with Gasteiger partial charge in [-0.25, -0.2) is 0 Å². The SMILES string of the molecule is CC1=C(CO)C(=O)C(C)=C(CCCCCO[N+](=O)[O-])C1=O.CC1=C(CO)C(=O)C(CCCCCO[N+](=O)[O-])=C(C)C1=O. The molecule has 0 aliphatic heterocycles. The summed E-state index contributed by atoms with van der Waals surface area (Å²) in [6.07, 6.45) is 4.50. The maximum atomic E-state index is 12.2. The van der Waals surface area contributed by atoms with E-state index in [1.165, 1.54) is 0 Å². The lowest BCUT2D eigenvalue weighted by atomic mass is 9.83. The molecule has 42 heavy (non-hydrogen) atoms. The number of ketones is 4. The molecule has 0 saturated carbocycles. The fourth-order valence-corrected chi connectivity index (χ4v) is 4.57. The average Bonchev–Trinajstić information content (AvgIpc) is 2.94. The van der Waals surface area contributed by atoms with Crippen molar-refractivity contribution in [2.75, 3.05) is 26.4 Å². The zero-order valence-electron chi connectivity index (χ0n) is 24.4. The van der Waals surface area contributed by atoms with E-state index in [-0.39, 0.29) is 47.5 Å². The normalized spacial score (nSPS) is 15.8. The first-order valence-corrected chi connectivity index (χ1v) is 13.5. The second kappa shape index (κ2) is 17.7. The first-order valence-electron chi connectivity index (χ1n) is 13.5. The van der Waals surface area contributed by atoms with Gasteiger partial charge < -0.3 is 19.9 Å². The Balaban J connectivity index is 0.000000420. The molecule has 0 radical (unpaired) electrons. The number of carbonyl (C=O) groups excluding carboxylic acids is 4. The van der Waals surface area contributed by atoms with Crippen LogP contribution in [0.4, 0.5) is 0 Å². The van der Waals surface area contributed by atoms with Crippen LogP contribution in [0.15, 0.2) is 44.6 Å². The number of nitrogens with zero attached hydrogens (tertiary/aromatic N) is 2. The van der Waals surface area contributed by atoms with Crippen LogP contribution in [-0.4, -0.2) is 69.9 Å². The molecule has 0 saturated heterocycles. The van der Waals surface area contributed by atoms with Gasteiger partial charge in [0.15, 0.2) is 23.1 Å². The van der Waals surface area contributed by atoms with Crippen LogP contribution >= 0.6 is 0 Å². The minimum absolute atomic E-state index is 0.0266. The van der Waals surface area contributed by atoms with Crippen molar-refractivity contribution >= 4 is 23.1 Å². The third kappa shape index (κ3) is 10.1. The quantitative estimate of drug-likeness (QED) is 0.114. The van der Waals surface area contributed by atoms with E-state index in [1.54, 1.807) is 27.7 Å². The zero-order valence-corrected chi connectivity index (χ0v) is 24.4. The summed E-state index contributed by atoms with van der Waals surface area (Å²) in [5.41, 5.74) is 2.67. The molecule has 2 N–H and O–H groups in total. The molecule has 0 bridgehead atoms. The van der Waals surface area contributed by atoms with Gasteiger partial charge in [-0.2, -0.15) is 0 Å². The van der Waals surface area contributed by atoms with Gasteiger partial charge in [0.1, 0.15) is 0 Å². The van der Waals surface area contributed by atoms with Crippen molar-refractivity contribution in [2.45, 2.75) is 79.1 Å². The number of hydrogen-bond acceptors (Lipinski definition) is 12. The van der Waals surface area contributed by atoms with Gasteiger partial charge in [-0.15, -0.1) is 20.2 Å². The van der Waals surface area contributed by atoms with Crippen LogP contribution in [0.1, 0.15) is 79.1 Å². The Morgan fingerprint density at radius 2 is 0.857 bits per heavy atom. The van der Waals surface area contributed by atoms with Crippen LogP contribution in [0.2, 0.25) is 0 Å². The van der Waals surface area contributed by atoms with Gasteiger partial charge in [-0.3, -0.25) is 19.2 Å². The number of carbonyl (C=O) groups is 4. The summed E-state index contributed by atoms with van der Waals surface area (Å²) in [6.45, 7) is 5.48. The fourth-order valence-electron chi connectivity index (χ4n) is 4.57. The fraction of sp³-hybridized carbons (Fsp3) is 0.571. The number of hydrogen-bond donors (Lipinski definition) is 2. The van der Waals surface area contributed by atoms with Crippen LogP contribution in [-0.2, 0) is 28.9 Å². The topological polar surface area (TPSA) is 213 Å². The summed E-state index contributed by atoms with van der Waals surface area (Å²) in [5.74, 6) is -0.946. The molecule has 0 spiro atoms. The highest BCUT2D eigenvalue weighted by atomic mass is 17.0. The molecule has 14 nitrogen and oxygen atoms in total. The van der Waals surface area contributed by atoms with Crippen LogP contribution < -0.4 is 0 Å². The monoisotopic (exact) mass is 594 g/mol. The lowest BCUT2D eigenvalue weighted by Gasteiger charge is -2.19. The number of allylic oxidation sites excluding steroid dienone is 6. The number of aliphatic hydroxyl groups is 2. The maximum absolute atomic E-state index is 12.2. The van der Waals surface area contributed by atoms with Gasteiger partial charge in [0.05, 0.1) is 26.4 Å². The Morgan fingerprint density at radius 3 is 1.29 bits per heavy atom. The van der Waals surface area contributed by atoms with E-state index in [4.69, 9.17) is 5.11 Å². The Hall–Kier alpha value is -4.04. The Labute approximate surface area is 243 Å². The van der Waals surface area contributed by atoms with Gasteiger partial charge in [0.25, 0.3) is 10.2 Å². The van der Waals surface area contributed by atoms with Crippen molar-refractivity contribution in [1.29, 1.82) is 0 Å². The van der Waals surface area contributed by atoms with Gasteiger partial charge in [0, 0.05) is 44.6 Å². The van der Waals surface area contributed by atoms with Crippen molar-refractivity contribution in [3.8, 4) is 0 Å². The van der Waals surface area contributed by atoms with Crippen molar-refractivity contribution in [1.82, 2.24) is 0 Å². The minimum atomic E-state index is -0.836. The van der Waals surface area contributed by atoms with Crippen molar-refractivity contribution < 1.29 is 49.2 Å². The molecule has 232 valence electrons. The highest BCUT2D eigenvalue weighted by Crippen LogP contribution is 2.28. The van der Waals surface area contributed by atoms with E-state index in [0.29, 0.717) is 84.8 Å². The predicted octanol–water partition coefficient (Wildman–Crippen LogP) is 3.06. The van der Waals surface area contributed by atoms with Gasteiger partial charge in [-0.1, -0.05) is 12.8 Å². The third-order valence-electron chi connectivity index (χ3n) is 7.12. The molecular weight excluding hydrogens is 556 g/mol. The second-order valence-corrected chi connectivity index (χ2v) is 9.78. The number of Topliss-reactive ketones (excluding diaryl/α,β-unsaturated/α-hetero) is 4. The Bertz CT molecular complexity index is 1220. The molecule has 0 aromatic heterocycles. The summed E-state index contributed by atoms with van der Waals surface area (Å²) in [5, 5.41) is 36.6. The predicted molar refractivity (Wildman–Crippen MR) is 148 cm³/mol. The molecule has 2 aliphatic rings. The summed E-state index contributed by atoms with van der Waals surface area (Å²) < 4.78 is 0. The van der Waals surface area contributed by atoms with Crippen LogP contribution in [0, 0.1) is 20.2 Å². The molecule has 2 aliphatic carbocycles. The van der Waals surface area contributed by atoms with E-state index >= 15 is 0 Å². The largest absolute Gasteiger partial charge is 0.392 e. The van der Waals surface area contributed by atoms with Crippen LogP contribution in [0.25, 0.3) is 0 Å². The molecule has 0 heterocycles. The van der Waals surface area contributed by atoms with Crippen molar-refractivity contribution in [3.63, 3.8) is 0 Å². The summed E-state index contributed by atoms with van der Waals surface area (Å²) in [6, 6.07) is 0. The lowest BCUT2D eigenvalue weighted by molar-refractivity contribution is -0.757. The van der Waals surface area contributed by atoms with E-state index in [2.05, 4.69) is 9.68 Å². The Morgan fingerprint density at radius 1 is 0.524 bits per heavy atom. The van der Waals surface area contributed by atoms with Gasteiger partial charge in [0.2, 0.25) is 0 Å². The summed E-state index contributed by atoms with van der Waals surface area (Å²) in [4.78, 5) is 76.7. The molecule has 0 unspecified atom stereocenters. The number of rotatable bonds is 16. The first kappa shape index (κ1) is 36.0. The summed E-state index contributed by atoms with van der Waals surface area (Å²) >= 11 is 0. The molecule has 0 aromatic carbocycles. The zero-order chi connectivity index (χ0) is 32.0. The molecule has 14 heteroatoms. The second-order valence-electron chi connectivity index (χ2n) is 9.78. The van der Waals surface area contributed by atoms with E-state index in [9.17, 15) is 44.5 Å². The molecule has 2 rings (SSSR count). The average molecular weight is 595 g/mol. The minimum Gasteiger partial charge on any atom is -0.392 e. The van der Waals surface area contributed by atoms with Gasteiger partial charge >= 0.3 is 0 Å². The highest BCUT2D eigenvalue weighted by Gasteiger charge is 2.30. The Kier molecular flexibility index (Phi) is 15.2. The van der Waals surface area contributed by atoms with E-state index < -0.39 is 23.4 Å². The third-order valence-corrected chi connectivity index (χ3v) is 7.12. The molecule has 0 amide bonds. The highest BCUT2D eigenvalue weighted by molar-refractivity contribution is 6.25. The molecule has 0 fully saturated rings. The maximum Gasteiger partial charge on any atom is 0.294 e. The van der Waals surface area contributed by atoms with Crippen LogP contribution in [0.5, 0.6) is 0 Å². The van der Waals surface area contributed by atoms with E-state index in [1.807, 2.05) is 0 Å². The lowest BCUT2D eigenvalue weighted by Crippen LogP contribution is -2.23. The van der Waals surface area contributed by atoms with Crippen LogP contribution in [0.3, 0.4) is 0 Å². The number of aliphatic hydroxyl groups excluding tert-OH is 2. The smallest absolute Gasteiger partial charge is 0.294 e. The van der Waals surface area contributed by atoms with Gasteiger partial charge in [-0.05, 0) is 66.2 Å².